The van der Waals surface area contributed by atoms with Crippen molar-refractivity contribution in [3.8, 4) is 17.5 Å². The van der Waals surface area contributed by atoms with E-state index in [1.54, 1.807) is 12.1 Å². The number of hydrogen-bond donors (Lipinski definition) is 1. The molecule has 11 nitrogen and oxygen atoms in total. The van der Waals surface area contributed by atoms with Crippen LogP contribution in [0.15, 0.2) is 46.9 Å². The Morgan fingerprint density at radius 1 is 0.811 bits per heavy atom. The molecule has 11 heteroatoms. The molecule has 2 aliphatic rings. The molecule has 4 aromatic rings. The number of nitrogens with one attached hydrogen (secondary N) is 1. The van der Waals surface area contributed by atoms with Gasteiger partial charge in [0, 0.05) is 38.3 Å². The van der Waals surface area contributed by atoms with Crippen LogP contribution in [0.25, 0.3) is 22.5 Å². The zero-order valence-electron chi connectivity index (χ0n) is 20.3. The van der Waals surface area contributed by atoms with Gasteiger partial charge in [-0.05, 0) is 35.9 Å². The fourth-order valence-electron chi connectivity index (χ4n) is 4.31. The van der Waals surface area contributed by atoms with E-state index < -0.39 is 0 Å². The summed E-state index contributed by atoms with van der Waals surface area (Å²) in [4.78, 5) is 23.3. The molecule has 2 aromatic heterocycles. The van der Waals surface area contributed by atoms with E-state index in [4.69, 9.17) is 34.1 Å². The molecule has 0 radical (unpaired) electrons. The van der Waals surface area contributed by atoms with E-state index in [0.717, 1.165) is 37.3 Å². The van der Waals surface area contributed by atoms with Crippen LogP contribution < -0.4 is 15.1 Å². The normalized spacial score (nSPS) is 16.1. The highest BCUT2D eigenvalue weighted by atomic mass is 16.5. The van der Waals surface area contributed by atoms with Crippen molar-refractivity contribution in [3.05, 3.63) is 53.6 Å². The molecule has 0 unspecified atom stereocenters. The molecule has 37 heavy (non-hydrogen) atoms. The van der Waals surface area contributed by atoms with Crippen molar-refractivity contribution in [1.82, 2.24) is 19.9 Å². The van der Waals surface area contributed by atoms with Gasteiger partial charge in [-0.15, -0.1) is 0 Å². The van der Waals surface area contributed by atoms with Gasteiger partial charge in [0.1, 0.15) is 5.52 Å². The lowest BCUT2D eigenvalue weighted by molar-refractivity contribution is 0.121. The summed E-state index contributed by atoms with van der Waals surface area (Å²) in [5.74, 6) is 1.90. The second-order valence-electron chi connectivity index (χ2n) is 8.82. The minimum Gasteiger partial charge on any atom is -0.424 e. The van der Waals surface area contributed by atoms with Crippen LogP contribution in [-0.4, -0.2) is 72.5 Å². The molecule has 2 aliphatic heterocycles. The van der Waals surface area contributed by atoms with Gasteiger partial charge >= 0.3 is 0 Å². The van der Waals surface area contributed by atoms with Crippen LogP contribution in [0, 0.1) is 11.3 Å². The van der Waals surface area contributed by atoms with Crippen LogP contribution in [0.1, 0.15) is 11.1 Å². The van der Waals surface area contributed by atoms with Gasteiger partial charge in [-0.25, -0.2) is 0 Å². The number of anilines is 3. The summed E-state index contributed by atoms with van der Waals surface area (Å²) in [6.45, 7) is 6.09. The zero-order valence-corrected chi connectivity index (χ0v) is 20.3. The average Bonchev–Trinajstić information content (AvgIpc) is 3.39. The Morgan fingerprint density at radius 2 is 1.46 bits per heavy atom. The first-order valence-electron chi connectivity index (χ1n) is 12.3. The van der Waals surface area contributed by atoms with Crippen LogP contribution >= 0.6 is 0 Å². The van der Waals surface area contributed by atoms with E-state index in [2.05, 4.69) is 26.2 Å². The largest absolute Gasteiger partial charge is 0.424 e. The summed E-state index contributed by atoms with van der Waals surface area (Å²) in [5.41, 5.74) is 3.87. The van der Waals surface area contributed by atoms with Crippen molar-refractivity contribution in [3.63, 3.8) is 0 Å². The summed E-state index contributed by atoms with van der Waals surface area (Å²) in [6.07, 6.45) is 0. The minimum absolute atomic E-state index is 0.426. The number of oxazole rings is 1. The molecule has 6 rings (SSSR count). The summed E-state index contributed by atoms with van der Waals surface area (Å²) < 4.78 is 16.9. The highest BCUT2D eigenvalue weighted by Gasteiger charge is 2.21. The molecule has 188 valence electrons. The van der Waals surface area contributed by atoms with Crippen molar-refractivity contribution in [1.29, 1.82) is 5.26 Å². The van der Waals surface area contributed by atoms with Crippen LogP contribution in [0.2, 0.25) is 0 Å². The number of nitriles is 1. The quantitative estimate of drug-likeness (QED) is 0.422. The van der Waals surface area contributed by atoms with Gasteiger partial charge in [-0.1, -0.05) is 12.1 Å². The minimum atomic E-state index is 0.426. The fourth-order valence-corrected chi connectivity index (χ4v) is 4.31. The third kappa shape index (κ3) is 5.16. The van der Waals surface area contributed by atoms with Crippen molar-refractivity contribution >= 4 is 29.0 Å². The number of benzene rings is 2. The molecule has 2 fully saturated rings. The molecule has 2 aromatic carbocycles. The van der Waals surface area contributed by atoms with E-state index in [0.29, 0.717) is 73.4 Å². The Hall–Kier alpha value is -4.27. The molecule has 0 atom stereocenters. The maximum atomic E-state index is 8.97. The van der Waals surface area contributed by atoms with Crippen molar-refractivity contribution < 1.29 is 13.9 Å². The lowest BCUT2D eigenvalue weighted by Crippen LogP contribution is -2.40. The third-order valence-corrected chi connectivity index (χ3v) is 6.37. The highest BCUT2D eigenvalue weighted by Crippen LogP contribution is 2.27. The first-order valence-corrected chi connectivity index (χ1v) is 12.3. The van der Waals surface area contributed by atoms with Crippen molar-refractivity contribution in [2.75, 3.05) is 67.7 Å². The Labute approximate surface area is 213 Å². The van der Waals surface area contributed by atoms with E-state index in [-0.39, 0.29) is 0 Å². The molecule has 0 aliphatic carbocycles. The number of rotatable bonds is 6. The van der Waals surface area contributed by atoms with Gasteiger partial charge in [0.15, 0.2) is 11.4 Å². The lowest BCUT2D eigenvalue weighted by atomic mass is 10.1. The summed E-state index contributed by atoms with van der Waals surface area (Å²) >= 11 is 0. The molecule has 4 heterocycles. The fraction of sp³-hybridized carbons (Fsp3) is 0.346. The van der Waals surface area contributed by atoms with Crippen molar-refractivity contribution in [2.24, 2.45) is 0 Å². The smallest absolute Gasteiger partial charge is 0.295 e. The Balaban J connectivity index is 1.27. The van der Waals surface area contributed by atoms with E-state index in [1.807, 2.05) is 30.3 Å². The number of fused-ring (bicyclic) bond motifs is 1. The maximum Gasteiger partial charge on any atom is 0.295 e. The topological polar surface area (TPSA) is 125 Å². The van der Waals surface area contributed by atoms with Gasteiger partial charge in [0.05, 0.1) is 38.1 Å². The first kappa shape index (κ1) is 23.1. The van der Waals surface area contributed by atoms with Gasteiger partial charge < -0.3 is 29.0 Å². The standard InChI is InChI=1S/C26H26N8O3/c27-16-18-1-3-19(4-2-18)17-28-26-29-21-15-20(5-6-22(21)37-26)23-30-24(33-7-11-35-12-8-33)32-25(31-23)34-9-13-36-14-10-34/h1-6,15H,7-14,17H2,(H,28,29). The predicted molar refractivity (Wildman–Crippen MR) is 137 cm³/mol. The molecule has 1 N–H and O–H groups in total. The number of morpholine rings is 2. The summed E-state index contributed by atoms with van der Waals surface area (Å²) in [6, 6.07) is 15.7. The molecule has 0 amide bonds. The second kappa shape index (κ2) is 10.4. The number of hydrogen-bond acceptors (Lipinski definition) is 11. The van der Waals surface area contributed by atoms with Crippen molar-refractivity contribution in [2.45, 2.75) is 6.54 Å². The number of nitrogens with zero attached hydrogens (tertiary/aromatic N) is 7. The second-order valence-corrected chi connectivity index (χ2v) is 8.82. The van der Waals surface area contributed by atoms with E-state index >= 15 is 0 Å². The molecule has 0 bridgehead atoms. The molecule has 2 saturated heterocycles. The molecular formula is C26H26N8O3. The van der Waals surface area contributed by atoms with E-state index in [1.165, 1.54) is 0 Å². The first-order chi connectivity index (χ1) is 18.2. The molecule has 0 spiro atoms. The highest BCUT2D eigenvalue weighted by molar-refractivity contribution is 5.80. The average molecular weight is 499 g/mol. The zero-order chi connectivity index (χ0) is 25.0. The molecule has 0 saturated carbocycles. The Bertz CT molecular complexity index is 1380. The van der Waals surface area contributed by atoms with Crippen LogP contribution in [0.3, 0.4) is 0 Å². The van der Waals surface area contributed by atoms with Gasteiger partial charge in [-0.2, -0.15) is 25.2 Å². The lowest BCUT2D eigenvalue weighted by Gasteiger charge is -2.30. The SMILES string of the molecule is N#Cc1ccc(CNc2nc3cc(-c4nc(N5CCOCC5)nc(N5CCOCC5)n4)ccc3o2)cc1. The van der Waals surface area contributed by atoms with E-state index in [9.17, 15) is 0 Å². The van der Waals surface area contributed by atoms with Gasteiger partial charge in [0.2, 0.25) is 11.9 Å². The number of ether oxygens (including phenoxy) is 2. The van der Waals surface area contributed by atoms with Crippen LogP contribution in [0.5, 0.6) is 0 Å². The number of aromatic nitrogens is 4. The predicted octanol–water partition coefficient (Wildman–Crippen LogP) is 2.84. The van der Waals surface area contributed by atoms with Gasteiger partial charge in [0.25, 0.3) is 6.01 Å². The monoisotopic (exact) mass is 498 g/mol. The third-order valence-electron chi connectivity index (χ3n) is 6.37. The maximum absolute atomic E-state index is 8.97. The Kier molecular flexibility index (Phi) is 6.49. The molecular weight excluding hydrogens is 472 g/mol. The summed E-state index contributed by atoms with van der Waals surface area (Å²) in [7, 11) is 0. The van der Waals surface area contributed by atoms with Crippen LogP contribution in [-0.2, 0) is 16.0 Å². The van der Waals surface area contributed by atoms with Crippen LogP contribution in [0.4, 0.5) is 17.9 Å². The van der Waals surface area contributed by atoms with Gasteiger partial charge in [-0.3, -0.25) is 0 Å². The Morgan fingerprint density at radius 3 is 2.08 bits per heavy atom. The summed E-state index contributed by atoms with van der Waals surface area (Å²) in [5, 5.41) is 12.2.